The van der Waals surface area contributed by atoms with E-state index in [4.69, 9.17) is 4.74 Å². The van der Waals surface area contributed by atoms with Crippen molar-refractivity contribution in [1.29, 1.82) is 0 Å². The first kappa shape index (κ1) is 25.3. The summed E-state index contributed by atoms with van der Waals surface area (Å²) in [5, 5.41) is 15.1. The van der Waals surface area contributed by atoms with Gasteiger partial charge in [-0.2, -0.15) is 0 Å². The number of fused-ring (bicyclic) bond motifs is 3. The maximum Gasteiger partial charge on any atom is 0.407 e. The van der Waals surface area contributed by atoms with Crippen LogP contribution in [0, 0.1) is 11.3 Å². The van der Waals surface area contributed by atoms with Crippen LogP contribution in [0.2, 0.25) is 0 Å². The molecule has 0 aromatic heterocycles. The van der Waals surface area contributed by atoms with Gasteiger partial charge in [0.15, 0.2) is 0 Å². The van der Waals surface area contributed by atoms with Gasteiger partial charge in [-0.05, 0) is 48.4 Å². The number of ether oxygens (including phenoxy) is 1. The van der Waals surface area contributed by atoms with Crippen molar-refractivity contribution in [3.8, 4) is 11.1 Å². The third kappa shape index (κ3) is 5.08. The van der Waals surface area contributed by atoms with Crippen LogP contribution in [0.1, 0.15) is 58.1 Å². The van der Waals surface area contributed by atoms with Crippen LogP contribution in [-0.4, -0.2) is 41.8 Å². The molecule has 7 heteroatoms. The fraction of sp³-hybridized carbons (Fsp3) is 0.444. The SMILES string of the molecule is CCC(NC(=O)OCC1c2ccccc2-c2ccccc21)C(=O)NC(C(C)C)C(C)(C)C(=O)O. The van der Waals surface area contributed by atoms with Crippen molar-refractivity contribution in [2.75, 3.05) is 6.61 Å². The lowest BCUT2D eigenvalue weighted by atomic mass is 9.78. The van der Waals surface area contributed by atoms with E-state index in [1.165, 1.54) is 0 Å². The van der Waals surface area contributed by atoms with Gasteiger partial charge in [-0.15, -0.1) is 0 Å². The van der Waals surface area contributed by atoms with Crippen molar-refractivity contribution in [2.24, 2.45) is 11.3 Å². The molecule has 3 N–H and O–H groups in total. The second kappa shape index (κ2) is 10.3. The van der Waals surface area contributed by atoms with Crippen LogP contribution in [0.4, 0.5) is 4.79 Å². The molecule has 182 valence electrons. The summed E-state index contributed by atoms with van der Waals surface area (Å²) in [7, 11) is 0. The molecule has 2 unspecified atom stereocenters. The van der Waals surface area contributed by atoms with Gasteiger partial charge in [-0.1, -0.05) is 69.3 Å². The van der Waals surface area contributed by atoms with Crippen LogP contribution in [0.25, 0.3) is 11.1 Å². The van der Waals surface area contributed by atoms with Gasteiger partial charge in [0.05, 0.1) is 5.41 Å². The van der Waals surface area contributed by atoms with Gasteiger partial charge in [-0.3, -0.25) is 9.59 Å². The monoisotopic (exact) mass is 466 g/mol. The zero-order valence-electron chi connectivity index (χ0n) is 20.4. The van der Waals surface area contributed by atoms with Crippen LogP contribution >= 0.6 is 0 Å². The van der Waals surface area contributed by atoms with Crippen LogP contribution in [0.15, 0.2) is 48.5 Å². The second-order valence-electron chi connectivity index (χ2n) is 9.69. The molecule has 0 saturated heterocycles. The van der Waals surface area contributed by atoms with Crippen molar-refractivity contribution < 1.29 is 24.2 Å². The van der Waals surface area contributed by atoms with E-state index in [-0.39, 0.29) is 18.4 Å². The highest BCUT2D eigenvalue weighted by molar-refractivity contribution is 5.87. The van der Waals surface area contributed by atoms with E-state index >= 15 is 0 Å². The Balaban J connectivity index is 1.65. The number of hydrogen-bond donors (Lipinski definition) is 3. The maximum absolute atomic E-state index is 12.9. The third-order valence-electron chi connectivity index (χ3n) is 6.65. The van der Waals surface area contributed by atoms with Gasteiger partial charge in [-0.25, -0.2) is 4.79 Å². The number of carbonyl (C=O) groups is 3. The smallest absolute Gasteiger partial charge is 0.407 e. The maximum atomic E-state index is 12.9. The molecule has 34 heavy (non-hydrogen) atoms. The predicted molar refractivity (Wildman–Crippen MR) is 130 cm³/mol. The summed E-state index contributed by atoms with van der Waals surface area (Å²) in [6.45, 7) is 8.81. The zero-order chi connectivity index (χ0) is 25.0. The molecule has 0 bridgehead atoms. The van der Waals surface area contributed by atoms with Crippen LogP contribution in [0.3, 0.4) is 0 Å². The topological polar surface area (TPSA) is 105 Å². The normalized spacial score (nSPS) is 14.6. The highest BCUT2D eigenvalue weighted by Gasteiger charge is 2.40. The summed E-state index contributed by atoms with van der Waals surface area (Å²) in [6.07, 6.45) is -0.337. The highest BCUT2D eigenvalue weighted by Crippen LogP contribution is 2.44. The lowest BCUT2D eigenvalue weighted by Gasteiger charge is -2.35. The Morgan fingerprint density at radius 1 is 0.971 bits per heavy atom. The molecule has 0 fully saturated rings. The zero-order valence-corrected chi connectivity index (χ0v) is 20.4. The molecule has 1 aliphatic carbocycles. The quantitative estimate of drug-likeness (QED) is 0.503. The molecular weight excluding hydrogens is 432 g/mol. The highest BCUT2D eigenvalue weighted by atomic mass is 16.5. The number of nitrogens with one attached hydrogen (secondary N) is 2. The molecule has 2 aromatic rings. The molecule has 3 rings (SSSR count). The first-order chi connectivity index (χ1) is 16.1. The third-order valence-corrected chi connectivity index (χ3v) is 6.65. The largest absolute Gasteiger partial charge is 0.481 e. The van der Waals surface area contributed by atoms with Gasteiger partial charge < -0.3 is 20.5 Å². The van der Waals surface area contributed by atoms with E-state index in [1.807, 2.05) is 50.2 Å². The van der Waals surface area contributed by atoms with Crippen molar-refractivity contribution in [3.63, 3.8) is 0 Å². The number of alkyl carbamates (subject to hydrolysis) is 1. The van der Waals surface area contributed by atoms with Crippen LogP contribution < -0.4 is 10.6 Å². The Kier molecular flexibility index (Phi) is 7.64. The molecule has 0 radical (unpaired) electrons. The minimum absolute atomic E-state index is 0.0752. The molecule has 1 aliphatic rings. The number of carboxylic acids is 1. The van der Waals surface area contributed by atoms with Gasteiger partial charge in [0.1, 0.15) is 12.6 Å². The number of amides is 2. The first-order valence-corrected chi connectivity index (χ1v) is 11.7. The number of rotatable bonds is 9. The Morgan fingerprint density at radius 3 is 1.97 bits per heavy atom. The average molecular weight is 467 g/mol. The predicted octanol–water partition coefficient (Wildman–Crippen LogP) is 4.56. The summed E-state index contributed by atoms with van der Waals surface area (Å²) in [6, 6.07) is 14.7. The van der Waals surface area contributed by atoms with Crippen molar-refractivity contribution in [3.05, 3.63) is 59.7 Å². The standard InChI is InChI=1S/C27H34N2O5/c1-6-22(24(30)29-23(16(2)3)27(4,5)25(31)32)28-26(33)34-15-21-19-13-9-7-11-17(19)18-12-8-10-14-20(18)21/h7-14,16,21-23H,6,15H2,1-5H3,(H,28,33)(H,29,30)(H,31,32). The number of benzene rings is 2. The van der Waals surface area contributed by atoms with E-state index < -0.39 is 35.5 Å². The molecule has 7 nitrogen and oxygen atoms in total. The number of carboxylic acid groups (broad SMARTS) is 1. The summed E-state index contributed by atoms with van der Waals surface area (Å²) in [4.78, 5) is 37.2. The summed E-state index contributed by atoms with van der Waals surface area (Å²) in [5.41, 5.74) is 3.33. The first-order valence-electron chi connectivity index (χ1n) is 11.7. The van der Waals surface area contributed by atoms with Crippen molar-refractivity contribution >= 4 is 18.0 Å². The van der Waals surface area contributed by atoms with E-state index in [0.29, 0.717) is 6.42 Å². The molecule has 0 spiro atoms. The van der Waals surface area contributed by atoms with Crippen molar-refractivity contribution in [1.82, 2.24) is 10.6 Å². The van der Waals surface area contributed by atoms with Gasteiger partial charge >= 0.3 is 12.1 Å². The number of carbonyl (C=O) groups excluding carboxylic acids is 2. The van der Waals surface area contributed by atoms with Gasteiger partial charge in [0.2, 0.25) is 5.91 Å². The van der Waals surface area contributed by atoms with E-state index in [1.54, 1.807) is 20.8 Å². The van der Waals surface area contributed by atoms with Crippen LogP contribution in [0.5, 0.6) is 0 Å². The number of hydrogen-bond acceptors (Lipinski definition) is 4. The average Bonchev–Trinajstić information content (AvgIpc) is 3.12. The van der Waals surface area contributed by atoms with E-state index in [2.05, 4.69) is 22.8 Å². The summed E-state index contributed by atoms with van der Waals surface area (Å²) >= 11 is 0. The molecule has 2 atom stereocenters. The van der Waals surface area contributed by atoms with Crippen LogP contribution in [-0.2, 0) is 14.3 Å². The Hall–Kier alpha value is -3.35. The lowest BCUT2D eigenvalue weighted by molar-refractivity contribution is -0.150. The molecule has 0 aliphatic heterocycles. The second-order valence-corrected chi connectivity index (χ2v) is 9.69. The van der Waals surface area contributed by atoms with Gasteiger partial charge in [0, 0.05) is 12.0 Å². The molecule has 0 heterocycles. The van der Waals surface area contributed by atoms with E-state index in [9.17, 15) is 19.5 Å². The minimum Gasteiger partial charge on any atom is -0.481 e. The lowest BCUT2D eigenvalue weighted by Crippen LogP contribution is -2.56. The Labute approximate surface area is 200 Å². The molecule has 0 saturated carbocycles. The van der Waals surface area contributed by atoms with E-state index in [0.717, 1.165) is 22.3 Å². The number of aliphatic carboxylic acids is 1. The van der Waals surface area contributed by atoms with Crippen molar-refractivity contribution in [2.45, 2.75) is 59.0 Å². The van der Waals surface area contributed by atoms with Gasteiger partial charge in [0.25, 0.3) is 0 Å². The molecule has 2 aromatic carbocycles. The fourth-order valence-electron chi connectivity index (χ4n) is 4.70. The Bertz CT molecular complexity index is 1020. The molecular formula is C27H34N2O5. The fourth-order valence-corrected chi connectivity index (χ4v) is 4.70. The molecule has 2 amide bonds. The minimum atomic E-state index is -1.16. The summed E-state index contributed by atoms with van der Waals surface area (Å²) in [5.74, 6) is -1.61. The summed E-state index contributed by atoms with van der Waals surface area (Å²) < 4.78 is 5.56. The Morgan fingerprint density at radius 2 is 1.50 bits per heavy atom.